The van der Waals surface area contributed by atoms with Gasteiger partial charge in [0.2, 0.25) is 5.91 Å². The Morgan fingerprint density at radius 3 is 2.59 bits per heavy atom. The van der Waals surface area contributed by atoms with Crippen LogP contribution < -0.4 is 0 Å². The summed E-state index contributed by atoms with van der Waals surface area (Å²) < 4.78 is 0. The first kappa shape index (κ1) is 14.0. The lowest BCUT2D eigenvalue weighted by molar-refractivity contribution is -0.154. The lowest BCUT2D eigenvalue weighted by Gasteiger charge is -2.49. The van der Waals surface area contributed by atoms with Gasteiger partial charge in [-0.05, 0) is 27.3 Å². The molecule has 5 nitrogen and oxygen atoms in total. The van der Waals surface area contributed by atoms with Gasteiger partial charge >= 0.3 is 5.97 Å². The number of carbonyl (C=O) groups is 2. The predicted octanol–water partition coefficient (Wildman–Crippen LogP) is 0.792. The lowest BCUT2D eigenvalue weighted by Crippen LogP contribution is -2.65. The van der Waals surface area contributed by atoms with Crippen LogP contribution in [0, 0.1) is 0 Å². The Kier molecular flexibility index (Phi) is 4.14. The molecule has 17 heavy (non-hydrogen) atoms. The second-order valence-corrected chi connectivity index (χ2v) is 5.30. The average Bonchev–Trinajstić information content (AvgIpc) is 2.21. The van der Waals surface area contributed by atoms with Crippen molar-refractivity contribution in [2.24, 2.45) is 0 Å². The van der Waals surface area contributed by atoms with Crippen LogP contribution in [0.15, 0.2) is 0 Å². The number of amides is 1. The molecule has 98 valence electrons. The van der Waals surface area contributed by atoms with Gasteiger partial charge in [-0.2, -0.15) is 0 Å². The minimum Gasteiger partial charge on any atom is -0.481 e. The molecule has 5 heteroatoms. The fraction of sp³-hybridized carbons (Fsp3) is 0.833. The normalized spacial score (nSPS) is 25.1. The molecule has 1 unspecified atom stereocenters. The number of carboxylic acids is 1. The van der Waals surface area contributed by atoms with Gasteiger partial charge in [0.25, 0.3) is 0 Å². The number of hydrogen-bond acceptors (Lipinski definition) is 3. The number of rotatable bonds is 4. The highest BCUT2D eigenvalue weighted by molar-refractivity contribution is 5.87. The van der Waals surface area contributed by atoms with Crippen molar-refractivity contribution in [3.8, 4) is 0 Å². The summed E-state index contributed by atoms with van der Waals surface area (Å²) in [6, 6.07) is -0.539. The zero-order chi connectivity index (χ0) is 13.2. The molecule has 1 aliphatic rings. The number of aliphatic carboxylic acids is 1. The molecule has 1 atom stereocenters. The van der Waals surface area contributed by atoms with Crippen LogP contribution in [0.2, 0.25) is 0 Å². The van der Waals surface area contributed by atoms with Crippen LogP contribution >= 0.6 is 0 Å². The molecular weight excluding hydrogens is 220 g/mol. The highest BCUT2D eigenvalue weighted by Crippen LogP contribution is 2.26. The molecule has 1 aliphatic heterocycles. The van der Waals surface area contributed by atoms with Gasteiger partial charge in [-0.15, -0.1) is 0 Å². The quantitative estimate of drug-likeness (QED) is 0.792. The van der Waals surface area contributed by atoms with E-state index in [1.54, 1.807) is 4.90 Å². The van der Waals surface area contributed by atoms with Gasteiger partial charge in [0.05, 0.1) is 6.42 Å². The van der Waals surface area contributed by atoms with Crippen LogP contribution in [-0.4, -0.2) is 58.5 Å². The second-order valence-electron chi connectivity index (χ2n) is 5.30. The van der Waals surface area contributed by atoms with E-state index < -0.39 is 12.0 Å². The minimum absolute atomic E-state index is 0.0592. The van der Waals surface area contributed by atoms with Crippen molar-refractivity contribution in [2.45, 2.75) is 45.2 Å². The smallest absolute Gasteiger partial charge is 0.305 e. The summed E-state index contributed by atoms with van der Waals surface area (Å²) in [6.45, 7) is 7.46. The lowest BCUT2D eigenvalue weighted by atomic mass is 9.93. The first-order chi connectivity index (χ1) is 7.79. The van der Waals surface area contributed by atoms with Crippen molar-refractivity contribution in [3.63, 3.8) is 0 Å². The Morgan fingerprint density at radius 1 is 1.53 bits per heavy atom. The van der Waals surface area contributed by atoms with E-state index >= 15 is 0 Å². The Morgan fingerprint density at radius 2 is 2.12 bits per heavy atom. The molecule has 1 heterocycles. The van der Waals surface area contributed by atoms with Crippen LogP contribution in [0.4, 0.5) is 0 Å². The summed E-state index contributed by atoms with van der Waals surface area (Å²) in [5.41, 5.74) is -0.177. The van der Waals surface area contributed by atoms with Crippen LogP contribution in [0.3, 0.4) is 0 Å². The third-order valence-corrected chi connectivity index (χ3v) is 3.46. The molecule has 1 rings (SSSR count). The van der Waals surface area contributed by atoms with Gasteiger partial charge in [0.1, 0.15) is 6.04 Å². The van der Waals surface area contributed by atoms with Crippen LogP contribution in [-0.2, 0) is 9.59 Å². The third kappa shape index (κ3) is 2.97. The van der Waals surface area contributed by atoms with Crippen molar-refractivity contribution in [3.05, 3.63) is 0 Å². The summed E-state index contributed by atoms with van der Waals surface area (Å²) in [7, 11) is 1.83. The molecule has 1 fully saturated rings. The van der Waals surface area contributed by atoms with Gasteiger partial charge in [0.15, 0.2) is 0 Å². The number of piperazine rings is 1. The molecule has 0 spiro atoms. The van der Waals surface area contributed by atoms with E-state index in [0.717, 1.165) is 6.42 Å². The molecule has 0 bridgehead atoms. The SMILES string of the molecule is CCCN1CC(C)(C)N(C)C(CC(=O)O)C1=O. The standard InChI is InChI=1S/C12H22N2O3/c1-5-6-14-8-12(2,3)13(4)9(11(14)17)7-10(15)16/h9H,5-8H2,1-4H3,(H,15,16). The predicted molar refractivity (Wildman–Crippen MR) is 64.8 cm³/mol. The first-order valence-corrected chi connectivity index (χ1v) is 6.03. The molecule has 0 aliphatic carbocycles. The zero-order valence-electron chi connectivity index (χ0n) is 11.1. The highest BCUT2D eigenvalue weighted by atomic mass is 16.4. The van der Waals surface area contributed by atoms with Crippen molar-refractivity contribution in [1.82, 2.24) is 9.80 Å². The Bertz CT molecular complexity index is 315. The largest absolute Gasteiger partial charge is 0.481 e. The molecular formula is C12H22N2O3. The average molecular weight is 242 g/mol. The molecule has 0 saturated carbocycles. The van der Waals surface area contributed by atoms with E-state index in [1.165, 1.54) is 0 Å². The van der Waals surface area contributed by atoms with Gasteiger partial charge in [-0.25, -0.2) is 0 Å². The number of carboxylic acid groups (broad SMARTS) is 1. The maximum Gasteiger partial charge on any atom is 0.305 e. The molecule has 0 radical (unpaired) electrons. The van der Waals surface area contributed by atoms with E-state index in [-0.39, 0.29) is 17.9 Å². The second kappa shape index (κ2) is 5.04. The van der Waals surface area contributed by atoms with Crippen LogP contribution in [0.5, 0.6) is 0 Å². The van der Waals surface area contributed by atoms with E-state index in [4.69, 9.17) is 5.11 Å². The van der Waals surface area contributed by atoms with Crippen molar-refractivity contribution < 1.29 is 14.7 Å². The van der Waals surface area contributed by atoms with Gasteiger partial charge in [-0.1, -0.05) is 6.92 Å². The number of likely N-dealkylation sites (N-methyl/N-ethyl adjacent to an activating group) is 1. The fourth-order valence-electron chi connectivity index (χ4n) is 2.30. The summed E-state index contributed by atoms with van der Waals surface area (Å²) in [5.74, 6) is -0.986. The van der Waals surface area contributed by atoms with E-state index in [0.29, 0.717) is 13.1 Å². The molecule has 1 saturated heterocycles. The molecule has 1 amide bonds. The summed E-state index contributed by atoms with van der Waals surface area (Å²) >= 11 is 0. The summed E-state index contributed by atoms with van der Waals surface area (Å²) in [4.78, 5) is 26.7. The van der Waals surface area contributed by atoms with E-state index in [9.17, 15) is 9.59 Å². The highest BCUT2D eigenvalue weighted by Gasteiger charge is 2.43. The minimum atomic E-state index is -0.927. The van der Waals surface area contributed by atoms with Crippen molar-refractivity contribution >= 4 is 11.9 Å². The Balaban J connectivity index is 2.91. The van der Waals surface area contributed by atoms with Crippen LogP contribution in [0.25, 0.3) is 0 Å². The van der Waals surface area contributed by atoms with E-state index in [2.05, 4.69) is 0 Å². The fourth-order valence-corrected chi connectivity index (χ4v) is 2.30. The van der Waals surface area contributed by atoms with Gasteiger partial charge < -0.3 is 10.0 Å². The topological polar surface area (TPSA) is 60.9 Å². The number of nitrogens with zero attached hydrogens (tertiary/aromatic N) is 2. The van der Waals surface area contributed by atoms with Crippen molar-refractivity contribution in [2.75, 3.05) is 20.1 Å². The zero-order valence-corrected chi connectivity index (χ0v) is 11.1. The first-order valence-electron chi connectivity index (χ1n) is 6.03. The summed E-state index contributed by atoms with van der Waals surface area (Å²) in [5, 5.41) is 8.89. The van der Waals surface area contributed by atoms with Gasteiger partial charge in [0, 0.05) is 18.6 Å². The maximum absolute atomic E-state index is 12.2. The molecule has 0 aromatic carbocycles. The molecule has 0 aromatic heterocycles. The number of carbonyl (C=O) groups excluding carboxylic acids is 1. The Labute approximate surface area is 102 Å². The number of hydrogen-bond donors (Lipinski definition) is 1. The van der Waals surface area contributed by atoms with Gasteiger partial charge in [-0.3, -0.25) is 14.5 Å². The molecule has 0 aromatic rings. The molecule has 1 N–H and O–H groups in total. The van der Waals surface area contributed by atoms with E-state index in [1.807, 2.05) is 32.7 Å². The maximum atomic E-state index is 12.2. The van der Waals surface area contributed by atoms with Crippen molar-refractivity contribution in [1.29, 1.82) is 0 Å². The summed E-state index contributed by atoms with van der Waals surface area (Å²) in [6.07, 6.45) is 0.768. The Hall–Kier alpha value is -1.10. The van der Waals surface area contributed by atoms with Crippen LogP contribution in [0.1, 0.15) is 33.6 Å². The monoisotopic (exact) mass is 242 g/mol. The third-order valence-electron chi connectivity index (χ3n) is 3.46.